The van der Waals surface area contributed by atoms with E-state index < -0.39 is 0 Å². The maximum atomic E-state index is 12.8. The number of aromatic nitrogens is 1. The maximum absolute atomic E-state index is 12.8. The van der Waals surface area contributed by atoms with Crippen LogP contribution in [0.2, 0.25) is 0 Å². The summed E-state index contributed by atoms with van der Waals surface area (Å²) in [6, 6.07) is 8.26. The maximum Gasteiger partial charge on any atom is 0.225 e. The van der Waals surface area contributed by atoms with Crippen LogP contribution in [0.1, 0.15) is 49.7 Å². The van der Waals surface area contributed by atoms with E-state index in [1.54, 1.807) is 0 Å². The number of pyridine rings is 1. The number of ether oxygens (including phenoxy) is 2. The van der Waals surface area contributed by atoms with Crippen molar-refractivity contribution < 1.29 is 14.3 Å². The smallest absolute Gasteiger partial charge is 0.225 e. The second-order valence-corrected chi connectivity index (χ2v) is 11.6. The van der Waals surface area contributed by atoms with Gasteiger partial charge in [-0.2, -0.15) is 0 Å². The molecular weight excluding hydrogens is 518 g/mol. The number of nitrogens with one attached hydrogen (secondary N) is 2. The van der Waals surface area contributed by atoms with E-state index in [0.29, 0.717) is 12.6 Å². The first kappa shape index (κ1) is 27.8. The van der Waals surface area contributed by atoms with Crippen LogP contribution in [-0.4, -0.2) is 92.2 Å². The van der Waals surface area contributed by atoms with E-state index in [1.807, 2.05) is 29.6 Å². The Hall–Kier alpha value is -3.37. The Morgan fingerprint density at radius 1 is 1.07 bits per heavy atom. The number of carbonyl (C=O) groups excluding carboxylic acids is 1. The Kier molecular flexibility index (Phi) is 8.86. The number of hydrogen-bond acceptors (Lipinski definition) is 9. The minimum absolute atomic E-state index is 0.145. The number of aliphatic imine (C=N–C) groups is 1. The van der Waals surface area contributed by atoms with Crippen molar-refractivity contribution in [2.45, 2.75) is 51.6 Å². The quantitative estimate of drug-likeness (QED) is 0.476. The number of carbonyl (C=O) groups is 1. The SMILES string of the molecule is Cc1cc(NN2CN=Cc3cc(NCCN4CCOCC4)ncc32)ccc1OC1CCN(C(=O)C2CCCC2)CC1. The Morgan fingerprint density at radius 2 is 1.88 bits per heavy atom. The number of likely N-dealkylation sites (tertiary alicyclic amines) is 1. The highest BCUT2D eigenvalue weighted by Crippen LogP contribution is 2.30. The molecule has 220 valence electrons. The van der Waals surface area contributed by atoms with Crippen LogP contribution >= 0.6 is 0 Å². The molecule has 1 aromatic carbocycles. The van der Waals surface area contributed by atoms with E-state index in [4.69, 9.17) is 9.47 Å². The zero-order chi connectivity index (χ0) is 28.0. The lowest BCUT2D eigenvalue weighted by molar-refractivity contribution is -0.137. The van der Waals surface area contributed by atoms with E-state index in [9.17, 15) is 4.79 Å². The summed E-state index contributed by atoms with van der Waals surface area (Å²) >= 11 is 0. The monoisotopic (exact) mass is 561 g/mol. The number of nitrogens with zero attached hydrogens (tertiary/aromatic N) is 5. The van der Waals surface area contributed by atoms with E-state index in [2.05, 4.69) is 49.6 Å². The molecule has 3 fully saturated rings. The molecule has 41 heavy (non-hydrogen) atoms. The van der Waals surface area contributed by atoms with Crippen LogP contribution in [0, 0.1) is 12.8 Å². The topological polar surface area (TPSA) is 94.6 Å². The van der Waals surface area contributed by atoms with Crippen LogP contribution in [0.15, 0.2) is 35.5 Å². The number of anilines is 3. The first-order valence-corrected chi connectivity index (χ1v) is 15.3. The molecule has 4 heterocycles. The first-order valence-electron chi connectivity index (χ1n) is 15.3. The Bertz CT molecular complexity index is 1220. The summed E-state index contributed by atoms with van der Waals surface area (Å²) in [6.07, 6.45) is 10.3. The van der Waals surface area contributed by atoms with Crippen LogP contribution in [0.5, 0.6) is 5.75 Å². The number of benzene rings is 1. The summed E-state index contributed by atoms with van der Waals surface area (Å²) in [5, 5.41) is 5.47. The molecule has 0 bridgehead atoms. The van der Waals surface area contributed by atoms with Crippen LogP contribution in [0.4, 0.5) is 17.2 Å². The lowest BCUT2D eigenvalue weighted by atomic mass is 10.0. The molecule has 6 rings (SSSR count). The van der Waals surface area contributed by atoms with Gasteiger partial charge in [-0.3, -0.25) is 25.1 Å². The predicted molar refractivity (Wildman–Crippen MR) is 162 cm³/mol. The Labute approximate surface area is 243 Å². The van der Waals surface area contributed by atoms with Crippen molar-refractivity contribution in [3.63, 3.8) is 0 Å². The molecule has 10 nitrogen and oxygen atoms in total. The third-order valence-electron chi connectivity index (χ3n) is 8.69. The third kappa shape index (κ3) is 6.93. The number of rotatable bonds is 9. The average Bonchev–Trinajstić information content (AvgIpc) is 3.55. The van der Waals surface area contributed by atoms with E-state index >= 15 is 0 Å². The van der Waals surface area contributed by atoms with Gasteiger partial charge in [0.1, 0.15) is 24.3 Å². The van der Waals surface area contributed by atoms with Crippen molar-refractivity contribution in [2.24, 2.45) is 10.9 Å². The first-order chi connectivity index (χ1) is 20.1. The number of amides is 1. The molecule has 2 aromatic rings. The summed E-state index contributed by atoms with van der Waals surface area (Å²) < 4.78 is 11.8. The van der Waals surface area contributed by atoms with Crippen molar-refractivity contribution >= 4 is 29.3 Å². The fourth-order valence-electron chi connectivity index (χ4n) is 6.26. The minimum atomic E-state index is 0.145. The van der Waals surface area contributed by atoms with E-state index in [0.717, 1.165) is 112 Å². The highest BCUT2D eigenvalue weighted by molar-refractivity contribution is 5.91. The zero-order valence-corrected chi connectivity index (χ0v) is 24.2. The second kappa shape index (κ2) is 13.1. The molecule has 0 atom stereocenters. The van der Waals surface area contributed by atoms with Crippen LogP contribution < -0.4 is 20.5 Å². The summed E-state index contributed by atoms with van der Waals surface area (Å²) in [5.74, 6) is 2.38. The lowest BCUT2D eigenvalue weighted by Gasteiger charge is -2.34. The largest absolute Gasteiger partial charge is 0.490 e. The molecule has 0 spiro atoms. The molecule has 2 N–H and O–H groups in total. The Balaban J connectivity index is 1.00. The van der Waals surface area contributed by atoms with Gasteiger partial charge in [0, 0.05) is 69.8 Å². The summed E-state index contributed by atoms with van der Waals surface area (Å²) in [7, 11) is 0. The van der Waals surface area contributed by atoms with Crippen molar-refractivity contribution in [1.29, 1.82) is 0 Å². The average molecular weight is 562 g/mol. The van der Waals surface area contributed by atoms with E-state index in [-0.39, 0.29) is 12.0 Å². The van der Waals surface area contributed by atoms with Gasteiger partial charge in [-0.05, 0) is 49.6 Å². The number of morpholine rings is 1. The van der Waals surface area contributed by atoms with Gasteiger partial charge in [-0.1, -0.05) is 12.8 Å². The van der Waals surface area contributed by atoms with Gasteiger partial charge >= 0.3 is 0 Å². The van der Waals surface area contributed by atoms with Crippen LogP contribution in [0.3, 0.4) is 0 Å². The van der Waals surface area contributed by atoms with Crippen molar-refractivity contribution in [1.82, 2.24) is 14.8 Å². The molecule has 10 heteroatoms. The van der Waals surface area contributed by atoms with Crippen molar-refractivity contribution in [3.05, 3.63) is 41.6 Å². The number of aryl methyl sites for hydroxylation is 1. The van der Waals surface area contributed by atoms with Gasteiger partial charge in [0.15, 0.2) is 0 Å². The Morgan fingerprint density at radius 3 is 2.66 bits per heavy atom. The molecule has 1 aromatic heterocycles. The summed E-state index contributed by atoms with van der Waals surface area (Å²) in [4.78, 5) is 26.5. The van der Waals surface area contributed by atoms with Crippen LogP contribution in [-0.2, 0) is 9.53 Å². The number of piperidine rings is 1. The minimum Gasteiger partial charge on any atom is -0.490 e. The van der Waals surface area contributed by atoms with Crippen molar-refractivity contribution in [2.75, 3.05) is 74.9 Å². The standard InChI is InChI=1S/C31H43N7O3/c1-23-18-26(6-7-29(23)41-27-8-11-37(12-9-27)31(39)24-4-2-3-5-24)35-38-22-32-20-25-19-30(34-21-28(25)38)33-10-13-36-14-16-40-17-15-36/h6-7,18-21,24,27,35H,2-5,8-17,22H2,1H3,(H,33,34). The molecular formula is C31H43N7O3. The molecule has 0 unspecified atom stereocenters. The fraction of sp³-hybridized carbons (Fsp3) is 0.581. The molecule has 2 saturated heterocycles. The molecule has 4 aliphatic rings. The zero-order valence-electron chi connectivity index (χ0n) is 24.2. The van der Waals surface area contributed by atoms with Gasteiger partial charge in [-0.25, -0.2) is 4.98 Å². The number of fused-ring (bicyclic) bond motifs is 1. The molecule has 1 saturated carbocycles. The lowest BCUT2D eigenvalue weighted by Crippen LogP contribution is -2.44. The van der Waals surface area contributed by atoms with E-state index in [1.165, 1.54) is 12.8 Å². The normalized spacial score (nSPS) is 20.2. The van der Waals surface area contributed by atoms with Gasteiger partial charge in [0.05, 0.1) is 30.8 Å². The van der Waals surface area contributed by atoms with Gasteiger partial charge in [-0.15, -0.1) is 0 Å². The van der Waals surface area contributed by atoms with Crippen molar-refractivity contribution in [3.8, 4) is 5.75 Å². The van der Waals surface area contributed by atoms with Crippen LogP contribution in [0.25, 0.3) is 0 Å². The predicted octanol–water partition coefficient (Wildman–Crippen LogP) is 3.92. The van der Waals surface area contributed by atoms with Gasteiger partial charge < -0.3 is 19.7 Å². The van der Waals surface area contributed by atoms with Gasteiger partial charge in [0.2, 0.25) is 5.91 Å². The molecule has 1 aliphatic carbocycles. The molecule has 3 aliphatic heterocycles. The highest BCUT2D eigenvalue weighted by atomic mass is 16.5. The number of hydrazine groups is 1. The third-order valence-corrected chi connectivity index (χ3v) is 8.69. The van der Waals surface area contributed by atoms with Gasteiger partial charge in [0.25, 0.3) is 0 Å². The fourth-order valence-corrected chi connectivity index (χ4v) is 6.26. The summed E-state index contributed by atoms with van der Waals surface area (Å²) in [5.41, 5.74) is 7.58. The molecule has 0 radical (unpaired) electrons. The molecule has 1 amide bonds. The number of hydrogen-bond donors (Lipinski definition) is 2. The summed E-state index contributed by atoms with van der Waals surface area (Å²) in [6.45, 7) is 9.61. The second-order valence-electron chi connectivity index (χ2n) is 11.6. The highest BCUT2D eigenvalue weighted by Gasteiger charge is 2.30.